The van der Waals surface area contributed by atoms with Crippen molar-refractivity contribution in [3.63, 3.8) is 0 Å². The molecule has 136 valence electrons. The number of hydrogen-bond acceptors (Lipinski definition) is 4. The predicted molar refractivity (Wildman–Crippen MR) is 102 cm³/mol. The summed E-state index contributed by atoms with van der Waals surface area (Å²) in [4.78, 5) is 24.2. The largest absolute Gasteiger partial charge is 0.353 e. The first-order valence-electron chi connectivity index (χ1n) is 7.48. The number of nitrogens with zero attached hydrogens (tertiary/aromatic N) is 2. The van der Waals surface area contributed by atoms with Crippen LogP contribution in [0.4, 0.5) is 0 Å². The number of rotatable bonds is 7. The number of carbonyl (C=O) groups is 2. The second-order valence-corrected chi connectivity index (χ2v) is 6.14. The minimum Gasteiger partial charge on any atom is -0.353 e. The number of amides is 2. The number of likely N-dealkylation sites (N-methyl/N-ethyl adjacent to an activating group) is 1. The maximum atomic E-state index is 12.2. The van der Waals surface area contributed by atoms with E-state index in [2.05, 4.69) is 37.0 Å². The van der Waals surface area contributed by atoms with Gasteiger partial charge in [0.25, 0.3) is 5.91 Å². The molecule has 1 aromatic heterocycles. The minimum absolute atomic E-state index is 0. The molecule has 9 heteroatoms. The molecule has 1 aromatic carbocycles. The van der Waals surface area contributed by atoms with Crippen molar-refractivity contribution in [3.05, 3.63) is 52.3 Å². The van der Waals surface area contributed by atoms with Crippen LogP contribution in [0.15, 0.2) is 41.1 Å². The molecule has 0 aliphatic heterocycles. The fourth-order valence-corrected chi connectivity index (χ4v) is 2.63. The Kier molecular flexibility index (Phi) is 8.60. The topological polar surface area (TPSA) is 88.1 Å². The second-order valence-electron chi connectivity index (χ2n) is 5.23. The highest BCUT2D eigenvalue weighted by Crippen LogP contribution is 2.12. The van der Waals surface area contributed by atoms with Crippen LogP contribution in [0.25, 0.3) is 0 Å². The molecule has 7 nitrogen and oxygen atoms in total. The van der Waals surface area contributed by atoms with Crippen molar-refractivity contribution in [1.29, 1.82) is 0 Å². The Hall–Kier alpha value is -1.90. The van der Waals surface area contributed by atoms with E-state index in [-0.39, 0.29) is 24.2 Å². The van der Waals surface area contributed by atoms with Gasteiger partial charge in [0.15, 0.2) is 0 Å². The van der Waals surface area contributed by atoms with Gasteiger partial charge in [-0.15, -0.1) is 12.4 Å². The summed E-state index contributed by atoms with van der Waals surface area (Å²) < 4.78 is 2.49. The molecule has 3 N–H and O–H groups in total. The molecule has 0 spiro atoms. The fraction of sp³-hybridized carbons (Fsp3) is 0.312. The first kappa shape index (κ1) is 21.1. The van der Waals surface area contributed by atoms with Gasteiger partial charge in [-0.3, -0.25) is 14.3 Å². The number of benzene rings is 1. The molecule has 0 radical (unpaired) electrons. The molecule has 2 amide bonds. The van der Waals surface area contributed by atoms with E-state index < -0.39 is 6.04 Å². The van der Waals surface area contributed by atoms with Gasteiger partial charge in [0.1, 0.15) is 6.04 Å². The lowest BCUT2D eigenvalue weighted by Crippen LogP contribution is -2.40. The highest BCUT2D eigenvalue weighted by molar-refractivity contribution is 9.10. The van der Waals surface area contributed by atoms with Crippen molar-refractivity contribution >= 4 is 40.2 Å². The van der Waals surface area contributed by atoms with Crippen LogP contribution in [0.3, 0.4) is 0 Å². The van der Waals surface area contributed by atoms with Gasteiger partial charge < -0.3 is 16.0 Å². The lowest BCUT2D eigenvalue weighted by atomic mass is 10.1. The Morgan fingerprint density at radius 3 is 2.60 bits per heavy atom. The van der Waals surface area contributed by atoms with Crippen molar-refractivity contribution in [2.24, 2.45) is 7.05 Å². The highest BCUT2D eigenvalue weighted by Gasteiger charge is 2.19. The maximum Gasteiger partial charge on any atom is 0.251 e. The molecule has 0 aliphatic carbocycles. The van der Waals surface area contributed by atoms with E-state index in [1.165, 1.54) is 0 Å². The Morgan fingerprint density at radius 2 is 2.00 bits per heavy atom. The zero-order chi connectivity index (χ0) is 17.5. The smallest absolute Gasteiger partial charge is 0.251 e. The number of aromatic nitrogens is 2. The maximum absolute atomic E-state index is 12.2. The van der Waals surface area contributed by atoms with Crippen molar-refractivity contribution in [2.75, 3.05) is 20.1 Å². The van der Waals surface area contributed by atoms with Crippen LogP contribution in [-0.4, -0.2) is 41.7 Å². The summed E-state index contributed by atoms with van der Waals surface area (Å²) in [5, 5.41) is 12.6. The summed E-state index contributed by atoms with van der Waals surface area (Å²) in [7, 11) is 3.51. The van der Waals surface area contributed by atoms with Crippen LogP contribution in [0.1, 0.15) is 22.0 Å². The van der Waals surface area contributed by atoms with Crippen molar-refractivity contribution in [1.82, 2.24) is 25.7 Å². The molecular weight excluding hydrogens is 410 g/mol. The van der Waals surface area contributed by atoms with E-state index >= 15 is 0 Å². The first-order valence-corrected chi connectivity index (χ1v) is 8.28. The van der Waals surface area contributed by atoms with Crippen molar-refractivity contribution in [3.8, 4) is 0 Å². The molecule has 0 aliphatic rings. The quantitative estimate of drug-likeness (QED) is 0.580. The van der Waals surface area contributed by atoms with Gasteiger partial charge in [0.2, 0.25) is 5.91 Å². The van der Waals surface area contributed by atoms with E-state index in [1.807, 2.05) is 6.07 Å². The van der Waals surface area contributed by atoms with Crippen LogP contribution in [0, 0.1) is 0 Å². The van der Waals surface area contributed by atoms with Crippen LogP contribution in [0.2, 0.25) is 0 Å². The first-order chi connectivity index (χ1) is 11.5. The molecule has 0 fully saturated rings. The molecule has 2 aromatic rings. The molecule has 25 heavy (non-hydrogen) atoms. The fourth-order valence-electron chi connectivity index (χ4n) is 2.23. The summed E-state index contributed by atoms with van der Waals surface area (Å²) in [5.74, 6) is -0.342. The SMILES string of the molecule is CNC(C(=O)NCCNC(=O)c1cccc(Br)c1)c1cnn(C)c1.Cl. The molecule has 2 rings (SSSR count). The third kappa shape index (κ3) is 6.15. The summed E-state index contributed by atoms with van der Waals surface area (Å²) >= 11 is 3.33. The Labute approximate surface area is 161 Å². The zero-order valence-corrected chi connectivity index (χ0v) is 16.4. The monoisotopic (exact) mass is 429 g/mol. The van der Waals surface area contributed by atoms with Crippen molar-refractivity contribution in [2.45, 2.75) is 6.04 Å². The van der Waals surface area contributed by atoms with Crippen molar-refractivity contribution < 1.29 is 9.59 Å². The molecule has 0 bridgehead atoms. The molecule has 0 saturated heterocycles. The molecule has 1 atom stereocenters. The van der Waals surface area contributed by atoms with E-state index in [0.717, 1.165) is 10.0 Å². The molecule has 0 saturated carbocycles. The van der Waals surface area contributed by atoms with Gasteiger partial charge in [0.05, 0.1) is 6.20 Å². The summed E-state index contributed by atoms with van der Waals surface area (Å²) in [6.45, 7) is 0.692. The average Bonchev–Trinajstić information content (AvgIpc) is 2.98. The third-order valence-corrected chi connectivity index (χ3v) is 3.90. The Balaban J connectivity index is 0.00000312. The van der Waals surface area contributed by atoms with Gasteiger partial charge in [-0.05, 0) is 25.2 Å². The van der Waals surface area contributed by atoms with E-state index in [9.17, 15) is 9.59 Å². The predicted octanol–water partition coefficient (Wildman–Crippen LogP) is 1.41. The van der Waals surface area contributed by atoms with Gasteiger partial charge >= 0.3 is 0 Å². The standard InChI is InChI=1S/C16H20BrN5O2.ClH/c1-18-14(12-9-21-22(2)10-12)16(24)20-7-6-19-15(23)11-4-3-5-13(17)8-11;/h3-5,8-10,14,18H,6-7H2,1-2H3,(H,19,23)(H,20,24);1H. The van der Waals surface area contributed by atoms with Crippen LogP contribution in [-0.2, 0) is 11.8 Å². The molecule has 1 heterocycles. The normalized spacial score (nSPS) is 11.3. The zero-order valence-electron chi connectivity index (χ0n) is 14.0. The molecule has 1 unspecified atom stereocenters. The lowest BCUT2D eigenvalue weighted by molar-refractivity contribution is -0.123. The Morgan fingerprint density at radius 1 is 1.28 bits per heavy atom. The van der Waals surface area contributed by atoms with Gasteiger partial charge in [-0.1, -0.05) is 22.0 Å². The Bertz CT molecular complexity index is 722. The van der Waals surface area contributed by atoms with Gasteiger partial charge in [-0.25, -0.2) is 0 Å². The number of hydrogen-bond donors (Lipinski definition) is 3. The number of aryl methyl sites for hydroxylation is 1. The highest BCUT2D eigenvalue weighted by atomic mass is 79.9. The van der Waals surface area contributed by atoms with Gasteiger partial charge in [-0.2, -0.15) is 5.10 Å². The van der Waals surface area contributed by atoms with Crippen LogP contribution in [0.5, 0.6) is 0 Å². The average molecular weight is 431 g/mol. The summed E-state index contributed by atoms with van der Waals surface area (Å²) in [6, 6.07) is 6.66. The van der Waals surface area contributed by atoms with Crippen LogP contribution < -0.4 is 16.0 Å². The second kappa shape index (κ2) is 10.2. The lowest BCUT2D eigenvalue weighted by Gasteiger charge is -2.14. The van der Waals surface area contributed by atoms with E-state index in [1.54, 1.807) is 49.4 Å². The van der Waals surface area contributed by atoms with Crippen LogP contribution >= 0.6 is 28.3 Å². The number of carbonyl (C=O) groups excluding carboxylic acids is 2. The number of nitrogens with one attached hydrogen (secondary N) is 3. The van der Waals surface area contributed by atoms with E-state index in [4.69, 9.17) is 0 Å². The summed E-state index contributed by atoms with van der Waals surface area (Å²) in [5.41, 5.74) is 1.36. The minimum atomic E-state index is -0.473. The number of halogens is 2. The third-order valence-electron chi connectivity index (χ3n) is 3.41. The van der Waals surface area contributed by atoms with E-state index in [0.29, 0.717) is 18.7 Å². The summed E-state index contributed by atoms with van der Waals surface area (Å²) in [6.07, 6.45) is 3.44. The van der Waals surface area contributed by atoms with Gasteiger partial charge in [0, 0.05) is 41.9 Å². The molecular formula is C16H21BrClN5O2.